The lowest BCUT2D eigenvalue weighted by atomic mass is 10.1. The SMILES string of the molecule is CCOc1ccc2[nH]c(=O)c(CN(Cc3ccccc3Cl)C(=O)N3CCCC3)cc2c1. The number of pyridine rings is 1. The molecule has 6 nitrogen and oxygen atoms in total. The maximum absolute atomic E-state index is 13.3. The van der Waals surface area contributed by atoms with Gasteiger partial charge in [-0.2, -0.15) is 0 Å². The first-order chi connectivity index (χ1) is 15.0. The zero-order chi connectivity index (χ0) is 21.8. The van der Waals surface area contributed by atoms with E-state index in [0.717, 1.165) is 48.1 Å². The zero-order valence-corrected chi connectivity index (χ0v) is 18.3. The predicted octanol–water partition coefficient (Wildman–Crippen LogP) is 4.80. The normalized spacial score (nSPS) is 13.5. The van der Waals surface area contributed by atoms with Crippen LogP contribution < -0.4 is 10.3 Å². The summed E-state index contributed by atoms with van der Waals surface area (Å²) >= 11 is 6.36. The molecule has 0 unspecified atom stereocenters. The summed E-state index contributed by atoms with van der Waals surface area (Å²) in [5.41, 5.74) is 1.92. The standard InChI is InChI=1S/C24H26ClN3O3/c1-2-31-20-9-10-22-18(14-20)13-19(23(29)26-22)16-28(24(30)27-11-5-6-12-27)15-17-7-3-4-8-21(17)25/h3-4,7-10,13-14H,2,5-6,11-12,15-16H2,1H3,(H,26,29). The predicted molar refractivity (Wildman–Crippen MR) is 123 cm³/mol. The molecule has 0 bridgehead atoms. The summed E-state index contributed by atoms with van der Waals surface area (Å²) in [5, 5.41) is 1.47. The Morgan fingerprint density at radius 2 is 1.84 bits per heavy atom. The van der Waals surface area contributed by atoms with E-state index in [-0.39, 0.29) is 18.1 Å². The molecule has 4 rings (SSSR count). The number of carbonyl (C=O) groups excluding carboxylic acids is 1. The number of likely N-dealkylation sites (tertiary alicyclic amines) is 1. The van der Waals surface area contributed by atoms with E-state index < -0.39 is 0 Å². The van der Waals surface area contributed by atoms with Crippen LogP contribution in [0.5, 0.6) is 5.75 Å². The number of fused-ring (bicyclic) bond motifs is 1. The van der Waals surface area contributed by atoms with E-state index in [4.69, 9.17) is 16.3 Å². The van der Waals surface area contributed by atoms with E-state index in [9.17, 15) is 9.59 Å². The van der Waals surface area contributed by atoms with Crippen molar-refractivity contribution in [3.05, 3.63) is 75.0 Å². The highest BCUT2D eigenvalue weighted by Crippen LogP contribution is 2.23. The number of urea groups is 1. The first kappa shape index (κ1) is 21.2. The lowest BCUT2D eigenvalue weighted by Crippen LogP contribution is -2.41. The molecule has 3 aromatic rings. The molecular weight excluding hydrogens is 414 g/mol. The van der Waals surface area contributed by atoms with Crippen molar-refractivity contribution >= 4 is 28.5 Å². The minimum Gasteiger partial charge on any atom is -0.494 e. The number of carbonyl (C=O) groups is 1. The molecular formula is C24H26ClN3O3. The first-order valence-electron chi connectivity index (χ1n) is 10.6. The summed E-state index contributed by atoms with van der Waals surface area (Å²) in [4.78, 5) is 32.5. The minimum atomic E-state index is -0.199. The number of ether oxygens (including phenoxy) is 1. The van der Waals surface area contributed by atoms with Gasteiger partial charge in [-0.15, -0.1) is 0 Å². The van der Waals surface area contributed by atoms with Crippen molar-refractivity contribution in [3.8, 4) is 5.75 Å². The van der Waals surface area contributed by atoms with E-state index in [1.54, 1.807) is 4.90 Å². The number of H-pyrrole nitrogens is 1. The van der Waals surface area contributed by atoms with Crippen LogP contribution in [0.2, 0.25) is 5.02 Å². The Kier molecular flexibility index (Phi) is 6.47. The van der Waals surface area contributed by atoms with Gasteiger partial charge in [0, 0.05) is 41.1 Å². The van der Waals surface area contributed by atoms with Gasteiger partial charge in [-0.1, -0.05) is 29.8 Å². The fourth-order valence-electron chi connectivity index (χ4n) is 3.94. The van der Waals surface area contributed by atoms with Crippen LogP contribution in [0, 0.1) is 0 Å². The summed E-state index contributed by atoms with van der Waals surface area (Å²) in [6.07, 6.45) is 2.00. The van der Waals surface area contributed by atoms with Gasteiger partial charge in [0.2, 0.25) is 0 Å². The van der Waals surface area contributed by atoms with Crippen LogP contribution in [0.4, 0.5) is 4.79 Å². The largest absolute Gasteiger partial charge is 0.494 e. The number of hydrogen-bond donors (Lipinski definition) is 1. The van der Waals surface area contributed by atoms with Gasteiger partial charge in [0.05, 0.1) is 13.2 Å². The molecule has 1 aliphatic heterocycles. The van der Waals surface area contributed by atoms with Crippen LogP contribution in [0.15, 0.2) is 53.3 Å². The Hall–Kier alpha value is -2.99. The second-order valence-electron chi connectivity index (χ2n) is 7.73. The Morgan fingerprint density at radius 1 is 1.10 bits per heavy atom. The molecule has 2 amide bonds. The van der Waals surface area contributed by atoms with Crippen molar-refractivity contribution in [1.82, 2.24) is 14.8 Å². The number of aromatic amines is 1. The number of nitrogens with zero attached hydrogens (tertiary/aromatic N) is 2. The summed E-state index contributed by atoms with van der Waals surface area (Å²) in [6, 6.07) is 14.8. The van der Waals surface area contributed by atoms with Crippen LogP contribution in [-0.2, 0) is 13.1 Å². The fourth-order valence-corrected chi connectivity index (χ4v) is 4.14. The summed E-state index contributed by atoms with van der Waals surface area (Å²) in [6.45, 7) is 4.51. The molecule has 7 heteroatoms. The second-order valence-corrected chi connectivity index (χ2v) is 8.14. The average Bonchev–Trinajstić information content (AvgIpc) is 3.30. The number of benzene rings is 2. The molecule has 1 aromatic heterocycles. The molecule has 0 spiro atoms. The lowest BCUT2D eigenvalue weighted by molar-refractivity contribution is 0.156. The number of halogens is 1. The van der Waals surface area contributed by atoms with Gasteiger partial charge in [-0.25, -0.2) is 4.79 Å². The average molecular weight is 440 g/mol. The van der Waals surface area contributed by atoms with E-state index >= 15 is 0 Å². The number of rotatable bonds is 6. The minimum absolute atomic E-state index is 0.0695. The Bertz CT molecular complexity index is 1140. The van der Waals surface area contributed by atoms with Gasteiger partial charge in [-0.05, 0) is 55.7 Å². The Labute approximate surface area is 186 Å². The van der Waals surface area contributed by atoms with Crippen LogP contribution in [0.3, 0.4) is 0 Å². The van der Waals surface area contributed by atoms with Crippen molar-refractivity contribution in [1.29, 1.82) is 0 Å². The fraction of sp³-hybridized carbons (Fsp3) is 0.333. The van der Waals surface area contributed by atoms with Crippen LogP contribution in [0.25, 0.3) is 10.9 Å². The molecule has 1 saturated heterocycles. The number of aromatic nitrogens is 1. The van der Waals surface area contributed by atoms with Crippen molar-refractivity contribution in [2.75, 3.05) is 19.7 Å². The van der Waals surface area contributed by atoms with E-state index in [0.29, 0.717) is 23.7 Å². The molecule has 0 saturated carbocycles. The van der Waals surface area contributed by atoms with Gasteiger partial charge in [0.25, 0.3) is 5.56 Å². The number of hydrogen-bond acceptors (Lipinski definition) is 3. The van der Waals surface area contributed by atoms with E-state index in [2.05, 4.69) is 4.98 Å². The molecule has 0 atom stereocenters. The Morgan fingerprint density at radius 3 is 2.58 bits per heavy atom. The summed E-state index contributed by atoms with van der Waals surface area (Å²) in [7, 11) is 0. The number of nitrogens with one attached hydrogen (secondary N) is 1. The van der Waals surface area contributed by atoms with Crippen molar-refractivity contribution in [2.24, 2.45) is 0 Å². The van der Waals surface area contributed by atoms with Gasteiger partial charge in [-0.3, -0.25) is 4.79 Å². The van der Waals surface area contributed by atoms with Gasteiger partial charge < -0.3 is 19.5 Å². The molecule has 162 valence electrons. The third-order valence-electron chi connectivity index (χ3n) is 5.53. The highest BCUT2D eigenvalue weighted by molar-refractivity contribution is 6.31. The maximum Gasteiger partial charge on any atom is 0.320 e. The Balaban J connectivity index is 1.67. The monoisotopic (exact) mass is 439 g/mol. The smallest absolute Gasteiger partial charge is 0.320 e. The molecule has 1 N–H and O–H groups in total. The maximum atomic E-state index is 13.3. The molecule has 1 fully saturated rings. The first-order valence-corrected chi connectivity index (χ1v) is 11.0. The van der Waals surface area contributed by atoms with Crippen LogP contribution in [0.1, 0.15) is 30.9 Å². The highest BCUT2D eigenvalue weighted by Gasteiger charge is 2.25. The molecule has 0 radical (unpaired) electrons. The molecule has 2 heterocycles. The van der Waals surface area contributed by atoms with Crippen LogP contribution >= 0.6 is 11.6 Å². The zero-order valence-electron chi connectivity index (χ0n) is 17.6. The van der Waals surface area contributed by atoms with Gasteiger partial charge in [0.15, 0.2) is 0 Å². The van der Waals surface area contributed by atoms with Crippen molar-refractivity contribution in [3.63, 3.8) is 0 Å². The summed E-state index contributed by atoms with van der Waals surface area (Å²) < 4.78 is 5.59. The molecule has 1 aliphatic rings. The molecule has 2 aromatic carbocycles. The van der Waals surface area contributed by atoms with Gasteiger partial charge in [0.1, 0.15) is 5.75 Å². The van der Waals surface area contributed by atoms with E-state index in [1.165, 1.54) is 0 Å². The summed E-state index contributed by atoms with van der Waals surface area (Å²) in [5.74, 6) is 0.745. The third-order valence-corrected chi connectivity index (χ3v) is 5.90. The highest BCUT2D eigenvalue weighted by atomic mass is 35.5. The second kappa shape index (κ2) is 9.43. The van der Waals surface area contributed by atoms with Gasteiger partial charge >= 0.3 is 6.03 Å². The lowest BCUT2D eigenvalue weighted by Gasteiger charge is -2.28. The molecule has 0 aliphatic carbocycles. The quantitative estimate of drug-likeness (QED) is 0.600. The van der Waals surface area contributed by atoms with Crippen molar-refractivity contribution in [2.45, 2.75) is 32.9 Å². The molecule has 31 heavy (non-hydrogen) atoms. The van der Waals surface area contributed by atoms with Crippen molar-refractivity contribution < 1.29 is 9.53 Å². The third kappa shape index (κ3) is 4.85. The topological polar surface area (TPSA) is 65.6 Å². The number of amides is 2. The van der Waals surface area contributed by atoms with E-state index in [1.807, 2.05) is 60.4 Å². The van der Waals surface area contributed by atoms with Crippen LogP contribution in [-0.4, -0.2) is 40.5 Å².